The first-order valence-electron chi connectivity index (χ1n) is 4.68. The molecule has 2 aromatic heterocycles. The van der Waals surface area contributed by atoms with Gasteiger partial charge >= 0.3 is 0 Å². The lowest BCUT2D eigenvalue weighted by molar-refractivity contribution is 0.971. The summed E-state index contributed by atoms with van der Waals surface area (Å²) < 4.78 is 5.10. The van der Waals surface area contributed by atoms with Gasteiger partial charge in [-0.2, -0.15) is 9.64 Å². The molecule has 0 unspecified atom stereocenters. The molecule has 2 heterocycles. The fourth-order valence-corrected chi connectivity index (χ4v) is 2.76. The van der Waals surface area contributed by atoms with E-state index in [1.165, 1.54) is 23.3 Å². The molecule has 0 bridgehead atoms. The summed E-state index contributed by atoms with van der Waals surface area (Å²) in [5, 5.41) is 8.72. The maximum absolute atomic E-state index is 8.72. The third-order valence-electron chi connectivity index (χ3n) is 1.82. The summed E-state index contributed by atoms with van der Waals surface area (Å²) >= 11 is 2.89. The molecule has 0 saturated heterocycles. The molecule has 0 radical (unpaired) electrons. The molecule has 0 spiro atoms. The van der Waals surface area contributed by atoms with Crippen LogP contribution in [0.2, 0.25) is 0 Å². The molecule has 0 fully saturated rings. The summed E-state index contributed by atoms with van der Waals surface area (Å²) in [6, 6.07) is 5.62. The van der Waals surface area contributed by atoms with E-state index in [2.05, 4.69) is 14.3 Å². The van der Waals surface area contributed by atoms with Crippen LogP contribution < -0.4 is 0 Å². The SMILES string of the molecule is CCc1nsc(Sc2ccnc(C#N)c2)n1. The Morgan fingerprint density at radius 1 is 1.56 bits per heavy atom. The molecule has 0 N–H and O–H groups in total. The summed E-state index contributed by atoms with van der Waals surface area (Å²) in [4.78, 5) is 9.22. The third kappa shape index (κ3) is 2.56. The van der Waals surface area contributed by atoms with Gasteiger partial charge in [-0.1, -0.05) is 18.7 Å². The van der Waals surface area contributed by atoms with Gasteiger partial charge in [0.2, 0.25) is 0 Å². The van der Waals surface area contributed by atoms with Gasteiger partial charge in [0.05, 0.1) is 0 Å². The maximum atomic E-state index is 8.72. The van der Waals surface area contributed by atoms with Crippen molar-refractivity contribution in [2.24, 2.45) is 0 Å². The summed E-state index contributed by atoms with van der Waals surface area (Å²) in [7, 11) is 0. The molecule has 0 atom stereocenters. The minimum absolute atomic E-state index is 0.422. The summed E-state index contributed by atoms with van der Waals surface area (Å²) in [5.74, 6) is 0.863. The van der Waals surface area contributed by atoms with Crippen molar-refractivity contribution < 1.29 is 0 Å². The predicted molar refractivity (Wildman–Crippen MR) is 62.4 cm³/mol. The van der Waals surface area contributed by atoms with Crippen LogP contribution in [0, 0.1) is 11.3 Å². The lowest BCUT2D eigenvalue weighted by Gasteiger charge is -1.95. The monoisotopic (exact) mass is 248 g/mol. The van der Waals surface area contributed by atoms with Gasteiger partial charge in [0, 0.05) is 17.5 Å². The van der Waals surface area contributed by atoms with Gasteiger partial charge in [-0.05, 0) is 23.7 Å². The number of aromatic nitrogens is 3. The number of rotatable bonds is 3. The molecule has 0 aromatic carbocycles. The van der Waals surface area contributed by atoms with Gasteiger partial charge in [-0.25, -0.2) is 9.97 Å². The quantitative estimate of drug-likeness (QED) is 0.835. The zero-order valence-electron chi connectivity index (χ0n) is 8.54. The highest BCUT2D eigenvalue weighted by molar-refractivity contribution is 8.01. The minimum atomic E-state index is 0.422. The van der Waals surface area contributed by atoms with E-state index < -0.39 is 0 Å². The van der Waals surface area contributed by atoms with Crippen LogP contribution in [0.4, 0.5) is 0 Å². The summed E-state index contributed by atoms with van der Waals surface area (Å²) in [5.41, 5.74) is 0.422. The van der Waals surface area contributed by atoms with Crippen molar-refractivity contribution in [2.75, 3.05) is 0 Å². The molecule has 80 valence electrons. The molecule has 4 nitrogen and oxygen atoms in total. The van der Waals surface area contributed by atoms with Crippen molar-refractivity contribution in [3.63, 3.8) is 0 Å². The van der Waals surface area contributed by atoms with Crippen LogP contribution in [-0.2, 0) is 6.42 Å². The molecular formula is C10H8N4S2. The molecule has 6 heteroatoms. The lowest BCUT2D eigenvalue weighted by Crippen LogP contribution is -1.83. The van der Waals surface area contributed by atoms with Crippen molar-refractivity contribution in [3.05, 3.63) is 29.8 Å². The smallest absolute Gasteiger partial charge is 0.174 e. The highest BCUT2D eigenvalue weighted by atomic mass is 32.2. The zero-order chi connectivity index (χ0) is 11.4. The van der Waals surface area contributed by atoms with E-state index in [1.54, 1.807) is 12.3 Å². The highest BCUT2D eigenvalue weighted by Crippen LogP contribution is 2.28. The zero-order valence-corrected chi connectivity index (χ0v) is 10.2. The Morgan fingerprint density at radius 3 is 3.12 bits per heavy atom. The van der Waals surface area contributed by atoms with Crippen molar-refractivity contribution in [3.8, 4) is 6.07 Å². The van der Waals surface area contributed by atoms with E-state index in [1.807, 2.05) is 19.1 Å². The highest BCUT2D eigenvalue weighted by Gasteiger charge is 2.05. The second-order valence-electron chi connectivity index (χ2n) is 2.92. The Bertz CT molecular complexity index is 530. The van der Waals surface area contributed by atoms with Gasteiger partial charge in [0.1, 0.15) is 17.6 Å². The van der Waals surface area contributed by atoms with Gasteiger partial charge in [0.15, 0.2) is 4.34 Å². The number of pyridine rings is 1. The van der Waals surface area contributed by atoms with Gasteiger partial charge in [-0.15, -0.1) is 0 Å². The Morgan fingerprint density at radius 2 is 2.44 bits per heavy atom. The molecule has 2 rings (SSSR count). The fraction of sp³-hybridized carbons (Fsp3) is 0.200. The van der Waals surface area contributed by atoms with Crippen LogP contribution in [0.5, 0.6) is 0 Å². The second kappa shape index (κ2) is 5.05. The van der Waals surface area contributed by atoms with Crippen LogP contribution in [0.3, 0.4) is 0 Å². The predicted octanol–water partition coefficient (Wildman–Crippen LogP) is 2.52. The average molecular weight is 248 g/mol. The average Bonchev–Trinajstić information content (AvgIpc) is 2.77. The first kappa shape index (κ1) is 11.0. The number of hydrogen-bond acceptors (Lipinski definition) is 6. The van der Waals surface area contributed by atoms with Crippen LogP contribution in [0.25, 0.3) is 0 Å². The largest absolute Gasteiger partial charge is 0.245 e. The molecule has 0 aliphatic carbocycles. The van der Waals surface area contributed by atoms with E-state index in [0.29, 0.717) is 5.69 Å². The van der Waals surface area contributed by atoms with E-state index in [4.69, 9.17) is 5.26 Å². The molecule has 0 saturated carbocycles. The molecule has 0 aliphatic heterocycles. The number of aryl methyl sites for hydroxylation is 1. The van der Waals surface area contributed by atoms with Crippen molar-refractivity contribution in [2.45, 2.75) is 22.6 Å². The minimum Gasteiger partial charge on any atom is -0.245 e. The number of hydrogen-bond donors (Lipinski definition) is 0. The maximum Gasteiger partial charge on any atom is 0.174 e. The third-order valence-corrected chi connectivity index (χ3v) is 3.60. The van der Waals surface area contributed by atoms with Crippen LogP contribution in [0.15, 0.2) is 27.6 Å². The van der Waals surface area contributed by atoms with Crippen LogP contribution in [-0.4, -0.2) is 14.3 Å². The lowest BCUT2D eigenvalue weighted by atomic mass is 10.4. The van der Waals surface area contributed by atoms with Crippen LogP contribution >= 0.6 is 23.3 Å². The van der Waals surface area contributed by atoms with E-state index in [0.717, 1.165) is 21.5 Å². The van der Waals surface area contributed by atoms with E-state index in [-0.39, 0.29) is 0 Å². The first-order valence-corrected chi connectivity index (χ1v) is 6.27. The first-order chi connectivity index (χ1) is 7.81. The Balaban J connectivity index is 2.17. The van der Waals surface area contributed by atoms with Crippen LogP contribution in [0.1, 0.15) is 18.4 Å². The van der Waals surface area contributed by atoms with E-state index >= 15 is 0 Å². The molecule has 0 aliphatic rings. The Hall–Kier alpha value is -1.45. The second-order valence-corrected chi connectivity index (χ2v) is 4.99. The number of nitriles is 1. The van der Waals surface area contributed by atoms with Crippen molar-refractivity contribution in [1.29, 1.82) is 5.26 Å². The topological polar surface area (TPSA) is 62.5 Å². The Kier molecular flexibility index (Phi) is 3.49. The van der Waals surface area contributed by atoms with Crippen molar-refractivity contribution in [1.82, 2.24) is 14.3 Å². The normalized spacial score (nSPS) is 10.0. The number of nitrogens with zero attached hydrogens (tertiary/aromatic N) is 4. The standard InChI is InChI=1S/C10H8N4S2/c1-2-9-13-10(16-14-9)15-8-3-4-12-7(5-8)6-11/h3-5H,2H2,1H3. The molecule has 16 heavy (non-hydrogen) atoms. The Labute approximate surface area is 102 Å². The molecular weight excluding hydrogens is 240 g/mol. The van der Waals surface area contributed by atoms with Gasteiger partial charge < -0.3 is 0 Å². The summed E-state index contributed by atoms with van der Waals surface area (Å²) in [6.45, 7) is 2.02. The molecule has 0 amide bonds. The van der Waals surface area contributed by atoms with E-state index in [9.17, 15) is 0 Å². The van der Waals surface area contributed by atoms with Crippen molar-refractivity contribution >= 4 is 23.3 Å². The summed E-state index contributed by atoms with van der Waals surface area (Å²) in [6.07, 6.45) is 2.47. The van der Waals surface area contributed by atoms with Gasteiger partial charge in [-0.3, -0.25) is 0 Å². The fourth-order valence-electron chi connectivity index (χ4n) is 1.06. The molecule has 2 aromatic rings. The van der Waals surface area contributed by atoms with Gasteiger partial charge in [0.25, 0.3) is 0 Å².